The summed E-state index contributed by atoms with van der Waals surface area (Å²) >= 11 is 0. The summed E-state index contributed by atoms with van der Waals surface area (Å²) in [5.74, 6) is -0.199. The summed E-state index contributed by atoms with van der Waals surface area (Å²) in [5, 5.41) is 3.23. The predicted octanol–water partition coefficient (Wildman–Crippen LogP) is 4.25. The van der Waals surface area contributed by atoms with Crippen LogP contribution in [0.4, 0.5) is 4.39 Å². The number of halogens is 1. The number of nitrogens with one attached hydrogen (secondary N) is 1. The van der Waals surface area contributed by atoms with Crippen LogP contribution in [0.2, 0.25) is 0 Å². The van der Waals surface area contributed by atoms with Crippen LogP contribution in [0.25, 0.3) is 5.69 Å². The van der Waals surface area contributed by atoms with Gasteiger partial charge in [0.1, 0.15) is 5.82 Å². The van der Waals surface area contributed by atoms with Gasteiger partial charge in [0.05, 0.1) is 6.54 Å². The lowest BCUT2D eigenvalue weighted by Gasteiger charge is -2.10. The van der Waals surface area contributed by atoms with Crippen molar-refractivity contribution in [1.29, 1.82) is 0 Å². The quantitative estimate of drug-likeness (QED) is 0.511. The van der Waals surface area contributed by atoms with Crippen LogP contribution in [0.3, 0.4) is 0 Å². The Balaban J connectivity index is 1.64. The molecule has 134 valence electrons. The Labute approximate surface area is 153 Å². The number of hydrogen-bond acceptors (Lipinski definition) is 2. The van der Waals surface area contributed by atoms with Gasteiger partial charge in [-0.15, -0.1) is 0 Å². The number of ketones is 1. The van der Waals surface area contributed by atoms with Crippen LogP contribution in [0.5, 0.6) is 0 Å². The largest absolute Gasteiger partial charge is 0.318 e. The number of aryl methyl sites for hydroxylation is 1. The molecule has 1 N–H and O–H groups in total. The number of carbonyl (C=O) groups is 1. The number of rotatable bonds is 7. The molecular formula is C22H23FN2O. The highest BCUT2D eigenvalue weighted by Gasteiger charge is 2.16. The molecule has 0 bridgehead atoms. The Bertz CT molecular complexity index is 883. The van der Waals surface area contributed by atoms with Crippen LogP contribution in [0.1, 0.15) is 27.3 Å². The lowest BCUT2D eigenvalue weighted by atomic mass is 10.1. The zero-order valence-electron chi connectivity index (χ0n) is 15.1. The summed E-state index contributed by atoms with van der Waals surface area (Å²) in [4.78, 5) is 12.6. The van der Waals surface area contributed by atoms with Gasteiger partial charge in [0, 0.05) is 22.6 Å². The lowest BCUT2D eigenvalue weighted by Crippen LogP contribution is -2.25. The van der Waals surface area contributed by atoms with Gasteiger partial charge in [-0.05, 0) is 62.7 Å². The molecule has 0 aliphatic heterocycles. The van der Waals surface area contributed by atoms with Gasteiger partial charge in [-0.25, -0.2) is 4.39 Å². The molecule has 0 aliphatic rings. The van der Waals surface area contributed by atoms with Gasteiger partial charge in [0.2, 0.25) is 0 Å². The average molecular weight is 350 g/mol. The molecule has 0 atom stereocenters. The van der Waals surface area contributed by atoms with E-state index in [0.29, 0.717) is 12.1 Å². The molecule has 26 heavy (non-hydrogen) atoms. The fourth-order valence-corrected chi connectivity index (χ4v) is 3.21. The van der Waals surface area contributed by atoms with E-state index in [1.54, 1.807) is 12.1 Å². The molecule has 3 nitrogen and oxygen atoms in total. The summed E-state index contributed by atoms with van der Waals surface area (Å²) in [6.45, 7) is 4.94. The molecule has 0 saturated carbocycles. The maximum Gasteiger partial charge on any atom is 0.178 e. The van der Waals surface area contributed by atoms with E-state index in [4.69, 9.17) is 0 Å². The van der Waals surface area contributed by atoms with E-state index in [9.17, 15) is 9.18 Å². The third kappa shape index (κ3) is 4.09. The minimum absolute atomic E-state index is 0.0690. The van der Waals surface area contributed by atoms with E-state index < -0.39 is 0 Å². The molecule has 0 saturated heterocycles. The highest BCUT2D eigenvalue weighted by atomic mass is 19.1. The first-order valence-electron chi connectivity index (χ1n) is 8.79. The van der Waals surface area contributed by atoms with Crippen molar-refractivity contribution in [3.63, 3.8) is 0 Å². The number of aromatic nitrogens is 1. The van der Waals surface area contributed by atoms with Gasteiger partial charge < -0.3 is 9.88 Å². The standard InChI is InChI=1S/C22H23FN2O/c1-16-14-21(17(2)25(16)20-10-8-19(23)9-11-20)22(26)15-24-13-12-18-6-4-3-5-7-18/h3-11,14,24H,12-13,15H2,1-2H3. The average Bonchev–Trinajstić information content (AvgIpc) is 2.95. The van der Waals surface area contributed by atoms with Crippen molar-refractivity contribution in [3.8, 4) is 5.69 Å². The second kappa shape index (κ2) is 8.11. The topological polar surface area (TPSA) is 34.0 Å². The van der Waals surface area contributed by atoms with Gasteiger partial charge in [0.25, 0.3) is 0 Å². The Hall–Kier alpha value is -2.72. The molecule has 1 heterocycles. The van der Waals surface area contributed by atoms with Crippen LogP contribution in [0, 0.1) is 19.7 Å². The van der Waals surface area contributed by atoms with E-state index in [0.717, 1.165) is 30.0 Å². The molecule has 1 aromatic heterocycles. The number of benzene rings is 2. The first-order valence-corrected chi connectivity index (χ1v) is 8.79. The lowest BCUT2D eigenvalue weighted by molar-refractivity contribution is 0.0991. The summed E-state index contributed by atoms with van der Waals surface area (Å²) in [5.41, 5.74) is 4.66. The van der Waals surface area contributed by atoms with Crippen molar-refractivity contribution in [3.05, 3.63) is 89.0 Å². The molecule has 0 amide bonds. The zero-order chi connectivity index (χ0) is 18.5. The van der Waals surface area contributed by atoms with Crippen LogP contribution >= 0.6 is 0 Å². The minimum Gasteiger partial charge on any atom is -0.318 e. The predicted molar refractivity (Wildman–Crippen MR) is 103 cm³/mol. The second-order valence-corrected chi connectivity index (χ2v) is 6.43. The third-order valence-electron chi connectivity index (χ3n) is 4.54. The second-order valence-electron chi connectivity index (χ2n) is 6.43. The molecule has 0 aliphatic carbocycles. The summed E-state index contributed by atoms with van der Waals surface area (Å²) in [6.07, 6.45) is 0.892. The summed E-state index contributed by atoms with van der Waals surface area (Å²) in [7, 11) is 0. The Kier molecular flexibility index (Phi) is 5.64. The van der Waals surface area contributed by atoms with Gasteiger partial charge in [-0.1, -0.05) is 30.3 Å². The monoisotopic (exact) mass is 350 g/mol. The SMILES string of the molecule is Cc1cc(C(=O)CNCCc2ccccc2)c(C)n1-c1ccc(F)cc1. The molecular weight excluding hydrogens is 327 g/mol. The number of nitrogens with zero attached hydrogens (tertiary/aromatic N) is 1. The fourth-order valence-electron chi connectivity index (χ4n) is 3.21. The summed E-state index contributed by atoms with van der Waals surface area (Å²) < 4.78 is 15.1. The van der Waals surface area contributed by atoms with Gasteiger partial charge in [-0.2, -0.15) is 0 Å². The Morgan fingerprint density at radius 1 is 1.04 bits per heavy atom. The normalized spacial score (nSPS) is 10.9. The number of Topliss-reactive ketones (excluding diaryl/α,β-unsaturated/α-hetero) is 1. The fraction of sp³-hybridized carbons (Fsp3) is 0.227. The molecule has 2 aromatic carbocycles. The zero-order valence-corrected chi connectivity index (χ0v) is 15.1. The first-order chi connectivity index (χ1) is 12.6. The van der Waals surface area contributed by atoms with Crippen LogP contribution in [-0.4, -0.2) is 23.4 Å². The Morgan fingerprint density at radius 2 is 1.73 bits per heavy atom. The highest BCUT2D eigenvalue weighted by molar-refractivity contribution is 5.99. The van der Waals surface area contributed by atoms with Crippen molar-refractivity contribution >= 4 is 5.78 Å². The molecule has 0 radical (unpaired) electrons. The minimum atomic E-state index is -0.268. The van der Waals surface area contributed by atoms with Crippen molar-refractivity contribution < 1.29 is 9.18 Å². The van der Waals surface area contributed by atoms with E-state index in [-0.39, 0.29) is 11.6 Å². The van der Waals surface area contributed by atoms with Crippen LogP contribution < -0.4 is 5.32 Å². The van der Waals surface area contributed by atoms with Crippen LogP contribution in [-0.2, 0) is 6.42 Å². The van der Waals surface area contributed by atoms with Crippen LogP contribution in [0.15, 0.2) is 60.7 Å². The molecule has 4 heteroatoms. The van der Waals surface area contributed by atoms with Gasteiger partial charge >= 0.3 is 0 Å². The van der Waals surface area contributed by atoms with E-state index in [1.165, 1.54) is 17.7 Å². The first kappa shape index (κ1) is 18.1. The summed E-state index contributed by atoms with van der Waals surface area (Å²) in [6, 6.07) is 18.4. The number of carbonyl (C=O) groups excluding carboxylic acids is 1. The molecule has 0 fully saturated rings. The molecule has 3 rings (SSSR count). The molecule has 0 spiro atoms. The smallest absolute Gasteiger partial charge is 0.178 e. The maximum atomic E-state index is 13.2. The van der Waals surface area contributed by atoms with Crippen molar-refractivity contribution in [2.24, 2.45) is 0 Å². The number of hydrogen-bond donors (Lipinski definition) is 1. The van der Waals surface area contributed by atoms with E-state index in [1.807, 2.05) is 42.7 Å². The van der Waals surface area contributed by atoms with Gasteiger partial charge in [0.15, 0.2) is 5.78 Å². The van der Waals surface area contributed by atoms with E-state index >= 15 is 0 Å². The highest BCUT2D eigenvalue weighted by Crippen LogP contribution is 2.21. The molecule has 0 unspecified atom stereocenters. The Morgan fingerprint density at radius 3 is 2.42 bits per heavy atom. The third-order valence-corrected chi connectivity index (χ3v) is 4.54. The molecule has 3 aromatic rings. The van der Waals surface area contributed by atoms with Gasteiger partial charge in [-0.3, -0.25) is 4.79 Å². The van der Waals surface area contributed by atoms with E-state index in [2.05, 4.69) is 17.4 Å². The maximum absolute atomic E-state index is 13.2. The van der Waals surface area contributed by atoms with Crippen molar-refractivity contribution in [1.82, 2.24) is 9.88 Å². The van der Waals surface area contributed by atoms with Crippen molar-refractivity contribution in [2.75, 3.05) is 13.1 Å². The van der Waals surface area contributed by atoms with Crippen molar-refractivity contribution in [2.45, 2.75) is 20.3 Å².